The molecule has 3 rings (SSSR count). The standard InChI is InChI=1S/C26H26ClFN2O3/c1-16(33-21-11-8-18(9-12-21)26(2,3)4)24(31)29-19-7-5-6-17(14-19)25(32)30-20-10-13-23(28)22(27)15-20/h5-16H,1-4H3,(H,29,31)(H,30,32). The molecule has 0 aliphatic rings. The Morgan fingerprint density at radius 3 is 2.24 bits per heavy atom. The van der Waals surface area contributed by atoms with Gasteiger partial charge in [0.1, 0.15) is 11.6 Å². The zero-order chi connectivity index (χ0) is 24.2. The normalized spacial score (nSPS) is 12.1. The molecule has 0 bridgehead atoms. The molecule has 0 saturated carbocycles. The van der Waals surface area contributed by atoms with E-state index in [1.54, 1.807) is 31.2 Å². The summed E-state index contributed by atoms with van der Waals surface area (Å²) in [5.74, 6) is -0.743. The molecule has 0 saturated heterocycles. The van der Waals surface area contributed by atoms with Crippen molar-refractivity contribution in [1.82, 2.24) is 0 Å². The third kappa shape index (κ3) is 6.56. The smallest absolute Gasteiger partial charge is 0.265 e. The summed E-state index contributed by atoms with van der Waals surface area (Å²) in [4.78, 5) is 25.1. The number of amides is 2. The molecule has 0 radical (unpaired) electrons. The van der Waals surface area contributed by atoms with E-state index in [9.17, 15) is 14.0 Å². The molecule has 0 aliphatic heterocycles. The van der Waals surface area contributed by atoms with Crippen molar-refractivity contribution in [3.8, 4) is 5.75 Å². The zero-order valence-electron chi connectivity index (χ0n) is 18.9. The second-order valence-corrected chi connectivity index (χ2v) is 9.09. The number of anilines is 2. The molecule has 2 amide bonds. The van der Waals surface area contributed by atoms with Crippen LogP contribution in [0.15, 0.2) is 66.7 Å². The van der Waals surface area contributed by atoms with Crippen LogP contribution >= 0.6 is 11.6 Å². The molecule has 7 heteroatoms. The van der Waals surface area contributed by atoms with E-state index in [0.717, 1.165) is 0 Å². The average molecular weight is 469 g/mol. The van der Waals surface area contributed by atoms with Gasteiger partial charge in [-0.3, -0.25) is 9.59 Å². The van der Waals surface area contributed by atoms with E-state index in [0.29, 0.717) is 22.7 Å². The Morgan fingerprint density at radius 1 is 0.939 bits per heavy atom. The van der Waals surface area contributed by atoms with Crippen LogP contribution in [0.5, 0.6) is 5.75 Å². The Labute approximate surface area is 197 Å². The van der Waals surface area contributed by atoms with Gasteiger partial charge in [0.2, 0.25) is 0 Å². The van der Waals surface area contributed by atoms with Crippen molar-refractivity contribution in [3.63, 3.8) is 0 Å². The second-order valence-electron chi connectivity index (χ2n) is 8.69. The molecule has 3 aromatic carbocycles. The highest BCUT2D eigenvalue weighted by Crippen LogP contribution is 2.25. The van der Waals surface area contributed by atoms with Crippen LogP contribution in [-0.4, -0.2) is 17.9 Å². The van der Waals surface area contributed by atoms with Gasteiger partial charge in [-0.1, -0.05) is 50.6 Å². The van der Waals surface area contributed by atoms with Gasteiger partial charge in [0, 0.05) is 16.9 Å². The van der Waals surface area contributed by atoms with Gasteiger partial charge in [-0.05, 0) is 66.4 Å². The number of halogens is 2. The molecule has 33 heavy (non-hydrogen) atoms. The summed E-state index contributed by atoms with van der Waals surface area (Å²) in [5.41, 5.74) is 2.33. The monoisotopic (exact) mass is 468 g/mol. The SMILES string of the molecule is CC(Oc1ccc(C(C)(C)C)cc1)C(=O)Nc1cccc(C(=O)Nc2ccc(F)c(Cl)c2)c1. The lowest BCUT2D eigenvalue weighted by atomic mass is 9.87. The molecule has 3 aromatic rings. The Balaban J connectivity index is 1.62. The first-order chi connectivity index (χ1) is 15.5. The maximum Gasteiger partial charge on any atom is 0.265 e. The first-order valence-electron chi connectivity index (χ1n) is 10.5. The fourth-order valence-corrected chi connectivity index (χ4v) is 3.23. The molecule has 5 nitrogen and oxygen atoms in total. The Kier molecular flexibility index (Phi) is 7.39. The number of carbonyl (C=O) groups is 2. The lowest BCUT2D eigenvalue weighted by Crippen LogP contribution is -2.30. The highest BCUT2D eigenvalue weighted by Gasteiger charge is 2.17. The molecule has 0 aromatic heterocycles. The quantitative estimate of drug-likeness (QED) is 0.437. The van der Waals surface area contributed by atoms with Crippen molar-refractivity contribution in [1.29, 1.82) is 0 Å². The van der Waals surface area contributed by atoms with E-state index in [4.69, 9.17) is 16.3 Å². The number of hydrogen-bond donors (Lipinski definition) is 2. The van der Waals surface area contributed by atoms with Crippen molar-refractivity contribution >= 4 is 34.8 Å². The van der Waals surface area contributed by atoms with Crippen LogP contribution in [0, 0.1) is 5.82 Å². The predicted octanol–water partition coefficient (Wildman–Crippen LogP) is 6.43. The van der Waals surface area contributed by atoms with Crippen LogP contribution < -0.4 is 15.4 Å². The van der Waals surface area contributed by atoms with Crippen LogP contribution in [0.3, 0.4) is 0 Å². The van der Waals surface area contributed by atoms with Crippen LogP contribution in [0.4, 0.5) is 15.8 Å². The fraction of sp³-hybridized carbons (Fsp3) is 0.231. The highest BCUT2D eigenvalue weighted by atomic mass is 35.5. The van der Waals surface area contributed by atoms with Crippen molar-refractivity contribution in [3.05, 3.63) is 88.7 Å². The van der Waals surface area contributed by atoms with E-state index >= 15 is 0 Å². The number of benzene rings is 3. The van der Waals surface area contributed by atoms with Crippen LogP contribution in [0.2, 0.25) is 5.02 Å². The van der Waals surface area contributed by atoms with Crippen molar-refractivity contribution in [2.24, 2.45) is 0 Å². The molecule has 0 spiro atoms. The first kappa shape index (κ1) is 24.3. The molecule has 1 unspecified atom stereocenters. The summed E-state index contributed by atoms with van der Waals surface area (Å²) in [5, 5.41) is 5.32. The number of rotatable bonds is 6. The minimum Gasteiger partial charge on any atom is -0.481 e. The van der Waals surface area contributed by atoms with Gasteiger partial charge in [0.25, 0.3) is 11.8 Å². The molecule has 172 valence electrons. The number of hydrogen-bond acceptors (Lipinski definition) is 3. The molecule has 1 atom stereocenters. The summed E-state index contributed by atoms with van der Waals surface area (Å²) in [6.45, 7) is 8.04. The van der Waals surface area contributed by atoms with Gasteiger partial charge >= 0.3 is 0 Å². The third-order valence-electron chi connectivity index (χ3n) is 4.97. The Bertz CT molecular complexity index is 1160. The van der Waals surface area contributed by atoms with Gasteiger partial charge in [-0.15, -0.1) is 0 Å². The van der Waals surface area contributed by atoms with Gasteiger partial charge in [-0.25, -0.2) is 4.39 Å². The van der Waals surface area contributed by atoms with Crippen molar-refractivity contribution < 1.29 is 18.7 Å². The van der Waals surface area contributed by atoms with Crippen LogP contribution in [-0.2, 0) is 10.2 Å². The topological polar surface area (TPSA) is 67.4 Å². The summed E-state index contributed by atoms with van der Waals surface area (Å²) < 4.78 is 19.1. The summed E-state index contributed by atoms with van der Waals surface area (Å²) in [7, 11) is 0. The minimum absolute atomic E-state index is 0.0296. The first-order valence-corrected chi connectivity index (χ1v) is 10.9. The van der Waals surface area contributed by atoms with E-state index in [2.05, 4.69) is 31.4 Å². The number of carbonyl (C=O) groups excluding carboxylic acids is 2. The summed E-state index contributed by atoms with van der Waals surface area (Å²) >= 11 is 5.76. The van der Waals surface area contributed by atoms with Crippen LogP contribution in [0.1, 0.15) is 43.6 Å². The third-order valence-corrected chi connectivity index (χ3v) is 5.26. The lowest BCUT2D eigenvalue weighted by Gasteiger charge is -2.20. The van der Waals surface area contributed by atoms with Gasteiger partial charge in [-0.2, -0.15) is 0 Å². The summed E-state index contributed by atoms with van der Waals surface area (Å²) in [6.07, 6.45) is -0.746. The zero-order valence-corrected chi connectivity index (χ0v) is 19.7. The van der Waals surface area contributed by atoms with E-state index in [1.807, 2.05) is 24.3 Å². The molecule has 2 N–H and O–H groups in total. The maximum absolute atomic E-state index is 13.3. The average Bonchev–Trinajstić information content (AvgIpc) is 2.76. The Hall–Kier alpha value is -3.38. The Morgan fingerprint density at radius 2 is 1.61 bits per heavy atom. The number of nitrogens with one attached hydrogen (secondary N) is 2. The largest absolute Gasteiger partial charge is 0.481 e. The number of ether oxygens (including phenoxy) is 1. The van der Waals surface area contributed by atoms with E-state index in [1.165, 1.54) is 23.8 Å². The lowest BCUT2D eigenvalue weighted by molar-refractivity contribution is -0.122. The molecule has 0 heterocycles. The summed E-state index contributed by atoms with van der Waals surface area (Å²) in [6, 6.07) is 18.0. The predicted molar refractivity (Wildman–Crippen MR) is 130 cm³/mol. The van der Waals surface area contributed by atoms with Crippen molar-refractivity contribution in [2.45, 2.75) is 39.2 Å². The minimum atomic E-state index is -0.746. The molecule has 0 aliphatic carbocycles. The van der Waals surface area contributed by atoms with Gasteiger partial charge < -0.3 is 15.4 Å². The van der Waals surface area contributed by atoms with Crippen LogP contribution in [0.25, 0.3) is 0 Å². The van der Waals surface area contributed by atoms with Gasteiger partial charge in [0.05, 0.1) is 5.02 Å². The maximum atomic E-state index is 13.3. The second kappa shape index (κ2) is 10.0. The van der Waals surface area contributed by atoms with E-state index in [-0.39, 0.29) is 16.3 Å². The highest BCUT2D eigenvalue weighted by molar-refractivity contribution is 6.31. The fourth-order valence-electron chi connectivity index (χ4n) is 3.05. The van der Waals surface area contributed by atoms with Crippen molar-refractivity contribution in [2.75, 3.05) is 10.6 Å². The molecular formula is C26H26ClFN2O3. The molecule has 0 fully saturated rings. The van der Waals surface area contributed by atoms with Gasteiger partial charge in [0.15, 0.2) is 6.10 Å². The van der Waals surface area contributed by atoms with E-state index < -0.39 is 17.8 Å². The molecular weight excluding hydrogens is 443 g/mol.